The highest BCUT2D eigenvalue weighted by molar-refractivity contribution is 5.65. The van der Waals surface area contributed by atoms with Crippen molar-refractivity contribution in [1.29, 1.82) is 0 Å². The lowest BCUT2D eigenvalue weighted by molar-refractivity contribution is -0.104. The molecule has 0 saturated heterocycles. The number of carbonyl (C=O) groups excluding carboxylic acids is 1. The van der Waals surface area contributed by atoms with E-state index >= 15 is 0 Å². The topological polar surface area (TPSA) is 42.0 Å². The SMILES string of the molecule is O=CC=CNc1ccncc1. The smallest absolute Gasteiger partial charge is 0.144 e. The van der Waals surface area contributed by atoms with Crippen molar-refractivity contribution in [1.82, 2.24) is 4.98 Å². The molecular formula is C8H8N2O. The quantitative estimate of drug-likeness (QED) is 0.517. The van der Waals surface area contributed by atoms with Crippen molar-refractivity contribution in [2.45, 2.75) is 0 Å². The molecule has 1 aromatic rings. The van der Waals surface area contributed by atoms with Gasteiger partial charge in [-0.2, -0.15) is 0 Å². The molecule has 0 aliphatic heterocycles. The maximum atomic E-state index is 9.86. The maximum Gasteiger partial charge on any atom is 0.144 e. The molecule has 3 heteroatoms. The summed E-state index contributed by atoms with van der Waals surface area (Å²) >= 11 is 0. The Hall–Kier alpha value is -1.64. The van der Waals surface area contributed by atoms with Crippen LogP contribution in [0.25, 0.3) is 0 Å². The molecule has 1 N–H and O–H groups in total. The lowest BCUT2D eigenvalue weighted by Crippen LogP contribution is -1.86. The predicted octanol–water partition coefficient (Wildman–Crippen LogP) is 1.21. The summed E-state index contributed by atoms with van der Waals surface area (Å²) < 4.78 is 0. The van der Waals surface area contributed by atoms with Crippen molar-refractivity contribution in [2.75, 3.05) is 5.32 Å². The van der Waals surface area contributed by atoms with Gasteiger partial charge in [-0.05, 0) is 18.2 Å². The maximum absolute atomic E-state index is 9.86. The fourth-order valence-corrected chi connectivity index (χ4v) is 0.632. The minimum absolute atomic E-state index is 0.716. The minimum Gasteiger partial charge on any atom is -0.361 e. The molecule has 0 aromatic carbocycles. The Bertz CT molecular complexity index is 244. The Morgan fingerprint density at radius 3 is 2.73 bits per heavy atom. The molecule has 0 amide bonds. The van der Waals surface area contributed by atoms with Gasteiger partial charge in [-0.3, -0.25) is 9.78 Å². The zero-order valence-corrected chi connectivity index (χ0v) is 5.90. The van der Waals surface area contributed by atoms with E-state index in [2.05, 4.69) is 10.3 Å². The third-order valence-corrected chi connectivity index (χ3v) is 1.11. The van der Waals surface area contributed by atoms with Gasteiger partial charge >= 0.3 is 0 Å². The summed E-state index contributed by atoms with van der Waals surface area (Å²) in [5.41, 5.74) is 0.915. The Labute approximate surface area is 64.8 Å². The van der Waals surface area contributed by atoms with Crippen LogP contribution in [0.5, 0.6) is 0 Å². The lowest BCUT2D eigenvalue weighted by Gasteiger charge is -1.96. The van der Waals surface area contributed by atoms with Crippen LogP contribution in [0.15, 0.2) is 36.8 Å². The molecule has 0 bridgehead atoms. The van der Waals surface area contributed by atoms with Gasteiger partial charge in [0.25, 0.3) is 0 Å². The minimum atomic E-state index is 0.716. The van der Waals surface area contributed by atoms with Crippen molar-refractivity contribution in [2.24, 2.45) is 0 Å². The van der Waals surface area contributed by atoms with Crippen molar-refractivity contribution in [3.8, 4) is 0 Å². The van der Waals surface area contributed by atoms with Crippen LogP contribution in [0.3, 0.4) is 0 Å². The first-order valence-corrected chi connectivity index (χ1v) is 3.20. The van der Waals surface area contributed by atoms with E-state index in [9.17, 15) is 4.79 Å². The third-order valence-electron chi connectivity index (χ3n) is 1.11. The average Bonchev–Trinajstić information content (AvgIpc) is 2.07. The number of carbonyl (C=O) groups is 1. The number of hydrogen-bond acceptors (Lipinski definition) is 3. The normalized spacial score (nSPS) is 9.82. The Morgan fingerprint density at radius 1 is 1.36 bits per heavy atom. The fourth-order valence-electron chi connectivity index (χ4n) is 0.632. The third kappa shape index (κ3) is 2.62. The fraction of sp³-hybridized carbons (Fsp3) is 0. The molecule has 3 nitrogen and oxygen atoms in total. The Morgan fingerprint density at radius 2 is 2.09 bits per heavy atom. The van der Waals surface area contributed by atoms with E-state index in [0.29, 0.717) is 6.29 Å². The van der Waals surface area contributed by atoms with Crippen LogP contribution in [0.4, 0.5) is 5.69 Å². The van der Waals surface area contributed by atoms with Crippen molar-refractivity contribution in [3.63, 3.8) is 0 Å². The van der Waals surface area contributed by atoms with E-state index in [0.717, 1.165) is 5.69 Å². The zero-order chi connectivity index (χ0) is 7.94. The number of aldehydes is 1. The van der Waals surface area contributed by atoms with E-state index < -0.39 is 0 Å². The van der Waals surface area contributed by atoms with Crippen molar-refractivity contribution in [3.05, 3.63) is 36.8 Å². The first kappa shape index (κ1) is 7.47. The predicted molar refractivity (Wildman–Crippen MR) is 43.1 cm³/mol. The van der Waals surface area contributed by atoms with Crippen LogP contribution in [-0.4, -0.2) is 11.3 Å². The summed E-state index contributed by atoms with van der Waals surface area (Å²) in [7, 11) is 0. The van der Waals surface area contributed by atoms with Gasteiger partial charge in [0.2, 0.25) is 0 Å². The van der Waals surface area contributed by atoms with Gasteiger partial charge in [-0.15, -0.1) is 0 Å². The van der Waals surface area contributed by atoms with E-state index in [-0.39, 0.29) is 0 Å². The molecule has 0 aliphatic carbocycles. The highest BCUT2D eigenvalue weighted by Gasteiger charge is 1.82. The van der Waals surface area contributed by atoms with Crippen molar-refractivity contribution >= 4 is 12.0 Å². The number of anilines is 1. The van der Waals surface area contributed by atoms with E-state index in [1.54, 1.807) is 18.6 Å². The summed E-state index contributed by atoms with van der Waals surface area (Å²) in [4.78, 5) is 13.7. The number of pyridine rings is 1. The van der Waals surface area contributed by atoms with Crippen LogP contribution < -0.4 is 5.32 Å². The van der Waals surface area contributed by atoms with Gasteiger partial charge in [-0.1, -0.05) is 0 Å². The lowest BCUT2D eigenvalue weighted by atomic mass is 10.4. The largest absolute Gasteiger partial charge is 0.361 e. The number of allylic oxidation sites excluding steroid dienone is 1. The monoisotopic (exact) mass is 148 g/mol. The second-order valence-corrected chi connectivity index (χ2v) is 1.88. The summed E-state index contributed by atoms with van der Waals surface area (Å²) in [6.45, 7) is 0. The Balaban J connectivity index is 2.51. The summed E-state index contributed by atoms with van der Waals surface area (Å²) in [6.07, 6.45) is 7.03. The molecule has 0 fully saturated rings. The number of rotatable bonds is 3. The van der Waals surface area contributed by atoms with Gasteiger partial charge in [0.15, 0.2) is 0 Å². The van der Waals surface area contributed by atoms with Crippen LogP contribution in [0.2, 0.25) is 0 Å². The molecule has 0 saturated carbocycles. The highest BCUT2D eigenvalue weighted by Crippen LogP contribution is 2.01. The molecule has 1 rings (SSSR count). The molecular weight excluding hydrogens is 140 g/mol. The van der Waals surface area contributed by atoms with E-state index in [4.69, 9.17) is 0 Å². The molecule has 0 aliphatic rings. The first-order valence-electron chi connectivity index (χ1n) is 3.20. The average molecular weight is 148 g/mol. The standard InChI is InChI=1S/C8H8N2O/c11-7-1-4-10-8-2-5-9-6-3-8/h1-7H,(H,9,10). The van der Waals surface area contributed by atoms with Crippen molar-refractivity contribution < 1.29 is 4.79 Å². The first-order chi connectivity index (χ1) is 5.43. The molecule has 0 unspecified atom stereocenters. The molecule has 1 aromatic heterocycles. The van der Waals surface area contributed by atoms with E-state index in [1.165, 1.54) is 6.08 Å². The second kappa shape index (κ2) is 4.22. The van der Waals surface area contributed by atoms with Crippen LogP contribution in [-0.2, 0) is 4.79 Å². The van der Waals surface area contributed by atoms with E-state index in [1.807, 2.05) is 12.1 Å². The number of hydrogen-bond donors (Lipinski definition) is 1. The molecule has 56 valence electrons. The van der Waals surface area contributed by atoms with Crippen LogP contribution >= 0.6 is 0 Å². The molecule has 0 spiro atoms. The Kier molecular flexibility index (Phi) is 2.86. The van der Waals surface area contributed by atoms with Gasteiger partial charge in [0.1, 0.15) is 6.29 Å². The van der Waals surface area contributed by atoms with Crippen LogP contribution in [0.1, 0.15) is 0 Å². The van der Waals surface area contributed by atoms with Gasteiger partial charge in [-0.25, -0.2) is 0 Å². The molecule has 0 radical (unpaired) electrons. The number of nitrogens with one attached hydrogen (secondary N) is 1. The molecule has 11 heavy (non-hydrogen) atoms. The number of aromatic nitrogens is 1. The highest BCUT2D eigenvalue weighted by atomic mass is 16.1. The van der Waals surface area contributed by atoms with Gasteiger partial charge in [0.05, 0.1) is 0 Å². The zero-order valence-electron chi connectivity index (χ0n) is 5.90. The molecule has 0 atom stereocenters. The van der Waals surface area contributed by atoms with Gasteiger partial charge < -0.3 is 5.32 Å². The number of nitrogens with zero attached hydrogens (tertiary/aromatic N) is 1. The van der Waals surface area contributed by atoms with Crippen LogP contribution in [0, 0.1) is 0 Å². The second-order valence-electron chi connectivity index (χ2n) is 1.88. The summed E-state index contributed by atoms with van der Waals surface area (Å²) in [5, 5.41) is 2.89. The van der Waals surface area contributed by atoms with Gasteiger partial charge in [0, 0.05) is 24.3 Å². The molecule has 1 heterocycles. The summed E-state index contributed by atoms with van der Waals surface area (Å²) in [5.74, 6) is 0. The summed E-state index contributed by atoms with van der Waals surface area (Å²) in [6, 6.07) is 3.63.